The summed E-state index contributed by atoms with van der Waals surface area (Å²) in [6.45, 7) is 2.72. The van der Waals surface area contributed by atoms with Gasteiger partial charge in [-0.2, -0.15) is 0 Å². The molecular formula is C4H6I2N-. The van der Waals surface area contributed by atoms with E-state index in [9.17, 15) is 0 Å². The topological polar surface area (TPSA) is 12.0 Å². The summed E-state index contributed by atoms with van der Waals surface area (Å²) >= 11 is 2.57. The third-order valence-corrected chi connectivity index (χ3v) is 2.99. The van der Waals surface area contributed by atoms with Gasteiger partial charge in [-0.3, -0.25) is 0 Å². The molecule has 0 aromatic rings. The van der Waals surface area contributed by atoms with Crippen LogP contribution in [-0.2, 0) is 0 Å². The van der Waals surface area contributed by atoms with Crippen molar-refractivity contribution in [2.75, 3.05) is 6.54 Å². The van der Waals surface area contributed by atoms with Gasteiger partial charge in [-0.1, -0.05) is 0 Å². The minimum atomic E-state index is 0.212. The molecule has 0 aliphatic heterocycles. The molecule has 7 heavy (non-hydrogen) atoms. The Morgan fingerprint density at radius 2 is 2.57 bits per heavy atom. The van der Waals surface area contributed by atoms with E-state index in [2.05, 4.69) is 34.0 Å². The summed E-state index contributed by atoms with van der Waals surface area (Å²) in [5.74, 6) is 5.72. The van der Waals surface area contributed by atoms with Gasteiger partial charge in [0, 0.05) is 0 Å². The average Bonchev–Trinajstić information content (AvgIpc) is 1.69. The van der Waals surface area contributed by atoms with Gasteiger partial charge in [-0.25, -0.2) is 0 Å². The zero-order valence-corrected chi connectivity index (χ0v) is 8.28. The monoisotopic (exact) mass is 322 g/mol. The fourth-order valence-corrected chi connectivity index (χ4v) is 1.45. The van der Waals surface area contributed by atoms with Crippen molar-refractivity contribution >= 4 is 18.6 Å². The van der Waals surface area contributed by atoms with Crippen LogP contribution >= 0.6 is 18.6 Å². The van der Waals surface area contributed by atoms with E-state index in [4.69, 9.17) is 0 Å². The maximum absolute atomic E-state index is 3.17. The molecule has 0 heterocycles. The second kappa shape index (κ2) is 6.98. The van der Waals surface area contributed by atoms with Crippen molar-refractivity contribution in [1.29, 1.82) is 0 Å². The maximum atomic E-state index is 3.17. The normalized spacial score (nSPS) is 7.71. The third kappa shape index (κ3) is 6.98. The van der Waals surface area contributed by atoms with E-state index in [0.717, 1.165) is 6.54 Å². The molecule has 0 spiro atoms. The predicted octanol–water partition coefficient (Wildman–Crippen LogP) is -2.05. The molecule has 0 aromatic heterocycles. The standard InChI is InChI=1S/C4H6I2N/c1-2-3-4-7-6-5/h7H,4H2,1H3/q-1. The predicted molar refractivity (Wildman–Crippen MR) is 35.5 cm³/mol. The van der Waals surface area contributed by atoms with Crippen LogP contribution in [0.5, 0.6) is 0 Å². The van der Waals surface area contributed by atoms with Gasteiger partial charge < -0.3 is 0 Å². The first-order chi connectivity index (χ1) is 3.41. The van der Waals surface area contributed by atoms with Gasteiger partial charge >= 0.3 is 65.0 Å². The molecule has 0 aliphatic carbocycles. The first-order valence-corrected chi connectivity index (χ1v) is 9.15. The number of halogens is 2. The first kappa shape index (κ1) is 7.98. The molecule has 0 saturated carbocycles. The SMILES string of the molecule is CC#CCN[I-]I. The van der Waals surface area contributed by atoms with Crippen LogP contribution in [0.4, 0.5) is 0 Å². The van der Waals surface area contributed by atoms with Crippen molar-refractivity contribution < 1.29 is 17.5 Å². The molecule has 0 rings (SSSR count). The quantitative estimate of drug-likeness (QED) is 0.267. The van der Waals surface area contributed by atoms with Crippen molar-refractivity contribution in [3.05, 3.63) is 0 Å². The molecule has 3 heteroatoms. The van der Waals surface area contributed by atoms with Gasteiger partial charge in [0.05, 0.1) is 0 Å². The van der Waals surface area contributed by atoms with Crippen molar-refractivity contribution in [3.8, 4) is 11.8 Å². The molecule has 0 fully saturated rings. The van der Waals surface area contributed by atoms with E-state index in [1.165, 1.54) is 0 Å². The van der Waals surface area contributed by atoms with Gasteiger partial charge in [-0.05, 0) is 0 Å². The Hall–Kier alpha value is 0.980. The summed E-state index contributed by atoms with van der Waals surface area (Å²) < 4.78 is 3.17. The van der Waals surface area contributed by atoms with Gasteiger partial charge in [0.1, 0.15) is 0 Å². The van der Waals surface area contributed by atoms with Crippen LogP contribution in [0.2, 0.25) is 0 Å². The summed E-state index contributed by atoms with van der Waals surface area (Å²) in [6, 6.07) is 0. The van der Waals surface area contributed by atoms with E-state index in [0.29, 0.717) is 0 Å². The summed E-state index contributed by atoms with van der Waals surface area (Å²) in [5, 5.41) is 0. The van der Waals surface area contributed by atoms with Crippen molar-refractivity contribution in [2.45, 2.75) is 6.92 Å². The molecular weight excluding hydrogens is 316 g/mol. The molecule has 0 aliphatic rings. The molecule has 1 N–H and O–H groups in total. The van der Waals surface area contributed by atoms with Gasteiger partial charge in [0.15, 0.2) is 0 Å². The minimum absolute atomic E-state index is 0.212. The summed E-state index contributed by atoms with van der Waals surface area (Å²) in [5.41, 5.74) is 0. The molecule has 0 bridgehead atoms. The van der Waals surface area contributed by atoms with Gasteiger partial charge in [-0.15, -0.1) is 0 Å². The second-order valence-corrected chi connectivity index (χ2v) is 4.71. The van der Waals surface area contributed by atoms with Crippen LogP contribution in [0.25, 0.3) is 0 Å². The Morgan fingerprint density at radius 3 is 3.00 bits per heavy atom. The summed E-state index contributed by atoms with van der Waals surface area (Å²) in [4.78, 5) is 0. The van der Waals surface area contributed by atoms with Crippen LogP contribution < -0.4 is 21.0 Å². The molecule has 0 unspecified atom stereocenters. The van der Waals surface area contributed by atoms with Crippen molar-refractivity contribution in [2.24, 2.45) is 0 Å². The third-order valence-electron chi connectivity index (χ3n) is 0.382. The zero-order chi connectivity index (χ0) is 5.54. The fourth-order valence-electron chi connectivity index (χ4n) is 0.147. The van der Waals surface area contributed by atoms with E-state index < -0.39 is 0 Å². The summed E-state index contributed by atoms with van der Waals surface area (Å²) in [7, 11) is 0. The molecule has 0 amide bonds. The second-order valence-electron chi connectivity index (χ2n) is 0.809. The van der Waals surface area contributed by atoms with Crippen LogP contribution in [0, 0.1) is 11.8 Å². The molecule has 0 saturated heterocycles. The van der Waals surface area contributed by atoms with E-state index >= 15 is 0 Å². The van der Waals surface area contributed by atoms with Gasteiger partial charge in [0.2, 0.25) is 0 Å². The number of hydrogen-bond donors (Lipinski definition) is 1. The van der Waals surface area contributed by atoms with Crippen molar-refractivity contribution in [1.82, 2.24) is 3.53 Å². The summed E-state index contributed by atoms with van der Waals surface area (Å²) in [6.07, 6.45) is 0. The molecule has 0 atom stereocenters. The Morgan fingerprint density at radius 1 is 1.86 bits per heavy atom. The van der Waals surface area contributed by atoms with Crippen LogP contribution in [0.3, 0.4) is 0 Å². The van der Waals surface area contributed by atoms with Crippen LogP contribution in [0.1, 0.15) is 6.92 Å². The molecule has 0 aromatic carbocycles. The molecule has 42 valence electrons. The van der Waals surface area contributed by atoms with E-state index in [1.807, 2.05) is 6.92 Å². The van der Waals surface area contributed by atoms with E-state index in [1.54, 1.807) is 0 Å². The molecule has 1 nitrogen and oxygen atoms in total. The zero-order valence-electron chi connectivity index (χ0n) is 3.96. The Kier molecular flexibility index (Phi) is 7.96. The van der Waals surface area contributed by atoms with Crippen molar-refractivity contribution in [3.63, 3.8) is 0 Å². The Bertz CT molecular complexity index is 81.4. The van der Waals surface area contributed by atoms with Crippen LogP contribution in [-0.4, -0.2) is 6.54 Å². The van der Waals surface area contributed by atoms with E-state index in [-0.39, 0.29) is 17.5 Å². The van der Waals surface area contributed by atoms with Crippen LogP contribution in [0.15, 0.2) is 0 Å². The Labute approximate surface area is 64.4 Å². The van der Waals surface area contributed by atoms with Gasteiger partial charge in [0.25, 0.3) is 0 Å². The number of nitrogens with one attached hydrogen (secondary N) is 1. The first-order valence-electron chi connectivity index (χ1n) is 1.79. The average molecular weight is 322 g/mol. The number of rotatable bonds is 2. The fraction of sp³-hybridized carbons (Fsp3) is 0.500. The Balaban J connectivity index is 2.78. The number of hydrogen-bond acceptors (Lipinski definition) is 1. The molecule has 0 radical (unpaired) electrons.